The van der Waals surface area contributed by atoms with Gasteiger partial charge in [0, 0.05) is 18.0 Å². The molecular formula is C19H19Cl2N3O2. The number of aliphatic hydroxyl groups is 1. The third kappa shape index (κ3) is 3.52. The third-order valence-electron chi connectivity index (χ3n) is 4.80. The summed E-state index contributed by atoms with van der Waals surface area (Å²) in [5, 5.41) is 10.6. The molecule has 2 N–H and O–H groups in total. The molecule has 0 unspecified atom stereocenters. The number of ether oxygens (including phenoxy) is 1. The van der Waals surface area contributed by atoms with Crippen LogP contribution in [0.1, 0.15) is 25.7 Å². The Morgan fingerprint density at radius 1 is 1.23 bits per heavy atom. The van der Waals surface area contributed by atoms with Crippen LogP contribution in [-0.2, 0) is 0 Å². The Labute approximate surface area is 161 Å². The van der Waals surface area contributed by atoms with Crippen LogP contribution in [-0.4, -0.2) is 32.8 Å². The number of H-pyrrole nitrogens is 1. The summed E-state index contributed by atoms with van der Waals surface area (Å²) in [6.07, 6.45) is 6.87. The molecule has 0 saturated heterocycles. The summed E-state index contributed by atoms with van der Waals surface area (Å²) in [6, 6.07) is 5.52. The highest BCUT2D eigenvalue weighted by Crippen LogP contribution is 2.40. The van der Waals surface area contributed by atoms with Crippen LogP contribution in [0.15, 0.2) is 30.6 Å². The van der Waals surface area contributed by atoms with Gasteiger partial charge in [-0.1, -0.05) is 29.6 Å². The highest BCUT2D eigenvalue weighted by molar-refractivity contribution is 6.44. The van der Waals surface area contributed by atoms with Crippen molar-refractivity contribution < 1.29 is 9.84 Å². The maximum atomic E-state index is 9.85. The standard InChI is InChI=1S/C19H19Cl2N3O2/c20-14-9-15-17(24-19(23-15)12-4-6-22-7-5-12)18(16(14)21)26-10-11-2-1-3-13(25)8-11/h4-7,9,11,13,25H,1-3,8,10H2,(H,23,24)/t11-,13-/m1/s1. The minimum Gasteiger partial charge on any atom is -0.489 e. The summed E-state index contributed by atoms with van der Waals surface area (Å²) >= 11 is 12.7. The first-order chi connectivity index (χ1) is 12.6. The highest BCUT2D eigenvalue weighted by atomic mass is 35.5. The Morgan fingerprint density at radius 2 is 2.04 bits per heavy atom. The molecule has 2 heterocycles. The molecule has 136 valence electrons. The van der Waals surface area contributed by atoms with Crippen molar-refractivity contribution in [3.63, 3.8) is 0 Å². The molecule has 0 aliphatic heterocycles. The van der Waals surface area contributed by atoms with Crippen LogP contribution in [0.25, 0.3) is 22.4 Å². The largest absolute Gasteiger partial charge is 0.489 e. The summed E-state index contributed by atoms with van der Waals surface area (Å²) in [5.41, 5.74) is 2.34. The van der Waals surface area contributed by atoms with Crippen LogP contribution in [0.3, 0.4) is 0 Å². The summed E-state index contributed by atoms with van der Waals surface area (Å²) < 4.78 is 6.05. The molecule has 4 rings (SSSR count). The second-order valence-electron chi connectivity index (χ2n) is 6.72. The van der Waals surface area contributed by atoms with Gasteiger partial charge in [0.25, 0.3) is 0 Å². The number of rotatable bonds is 4. The molecule has 0 radical (unpaired) electrons. The second kappa shape index (κ2) is 7.43. The number of pyridine rings is 1. The summed E-state index contributed by atoms with van der Waals surface area (Å²) in [7, 11) is 0. The first-order valence-corrected chi connectivity index (χ1v) is 9.46. The van der Waals surface area contributed by atoms with E-state index in [0.717, 1.165) is 36.8 Å². The van der Waals surface area contributed by atoms with E-state index >= 15 is 0 Å². The molecule has 2 atom stereocenters. The van der Waals surface area contributed by atoms with Crippen molar-refractivity contribution in [1.82, 2.24) is 15.0 Å². The van der Waals surface area contributed by atoms with Crippen LogP contribution >= 0.6 is 23.2 Å². The molecule has 1 aliphatic rings. The summed E-state index contributed by atoms with van der Waals surface area (Å²) in [4.78, 5) is 12.0. The number of benzene rings is 1. The average Bonchev–Trinajstić information content (AvgIpc) is 3.06. The number of aromatic amines is 1. The lowest BCUT2D eigenvalue weighted by Gasteiger charge is -2.26. The van der Waals surface area contributed by atoms with E-state index in [1.807, 2.05) is 12.1 Å². The van der Waals surface area contributed by atoms with Crippen LogP contribution in [0.2, 0.25) is 10.0 Å². The fourth-order valence-electron chi connectivity index (χ4n) is 3.46. The number of hydrogen-bond donors (Lipinski definition) is 2. The molecule has 1 aliphatic carbocycles. The molecule has 1 saturated carbocycles. The van der Waals surface area contributed by atoms with E-state index in [-0.39, 0.29) is 6.10 Å². The van der Waals surface area contributed by atoms with Crippen molar-refractivity contribution >= 4 is 34.2 Å². The third-order valence-corrected chi connectivity index (χ3v) is 5.57. The lowest BCUT2D eigenvalue weighted by atomic mass is 9.88. The van der Waals surface area contributed by atoms with Crippen molar-refractivity contribution in [2.24, 2.45) is 5.92 Å². The number of hydrogen-bond acceptors (Lipinski definition) is 4. The molecule has 3 aromatic rings. The van der Waals surface area contributed by atoms with E-state index in [0.29, 0.717) is 39.7 Å². The first kappa shape index (κ1) is 17.6. The zero-order valence-electron chi connectivity index (χ0n) is 14.1. The highest BCUT2D eigenvalue weighted by Gasteiger charge is 2.23. The smallest absolute Gasteiger partial charge is 0.167 e. The van der Waals surface area contributed by atoms with Crippen molar-refractivity contribution in [3.8, 4) is 17.1 Å². The number of halogens is 2. The van der Waals surface area contributed by atoms with Gasteiger partial charge in [-0.15, -0.1) is 0 Å². The molecule has 1 aromatic carbocycles. The fourth-order valence-corrected chi connectivity index (χ4v) is 3.85. The molecule has 7 heteroatoms. The Balaban J connectivity index is 1.66. The topological polar surface area (TPSA) is 71.0 Å². The van der Waals surface area contributed by atoms with E-state index in [9.17, 15) is 5.11 Å². The summed E-state index contributed by atoms with van der Waals surface area (Å²) in [5.74, 6) is 1.51. The van der Waals surface area contributed by atoms with Crippen LogP contribution in [0.4, 0.5) is 0 Å². The van der Waals surface area contributed by atoms with Gasteiger partial charge in [0.15, 0.2) is 5.75 Å². The molecule has 5 nitrogen and oxygen atoms in total. The molecular weight excluding hydrogens is 373 g/mol. The van der Waals surface area contributed by atoms with Gasteiger partial charge in [0.05, 0.1) is 23.3 Å². The number of imidazole rings is 1. The molecule has 0 spiro atoms. The number of nitrogens with zero attached hydrogens (tertiary/aromatic N) is 2. The predicted molar refractivity (Wildman–Crippen MR) is 103 cm³/mol. The number of aliphatic hydroxyl groups excluding tert-OH is 1. The van der Waals surface area contributed by atoms with E-state index < -0.39 is 0 Å². The van der Waals surface area contributed by atoms with E-state index in [4.69, 9.17) is 27.9 Å². The van der Waals surface area contributed by atoms with E-state index in [2.05, 4.69) is 15.0 Å². The van der Waals surface area contributed by atoms with Gasteiger partial charge in [-0.05, 0) is 43.4 Å². The lowest BCUT2D eigenvalue weighted by molar-refractivity contribution is 0.0812. The second-order valence-corrected chi connectivity index (χ2v) is 7.50. The average molecular weight is 392 g/mol. The van der Waals surface area contributed by atoms with Crippen molar-refractivity contribution in [2.45, 2.75) is 31.8 Å². The molecule has 0 amide bonds. The number of fused-ring (bicyclic) bond motifs is 1. The SMILES string of the molecule is O[C@@H]1CCC[C@@H](COc2c(Cl)c(Cl)cc3[nH]c(-c4ccncc4)nc23)C1. The van der Waals surface area contributed by atoms with Gasteiger partial charge in [-0.2, -0.15) is 0 Å². The maximum absolute atomic E-state index is 9.85. The molecule has 26 heavy (non-hydrogen) atoms. The van der Waals surface area contributed by atoms with Crippen LogP contribution in [0.5, 0.6) is 5.75 Å². The zero-order valence-corrected chi connectivity index (χ0v) is 15.6. The van der Waals surface area contributed by atoms with Gasteiger partial charge in [0.2, 0.25) is 0 Å². The van der Waals surface area contributed by atoms with Gasteiger partial charge >= 0.3 is 0 Å². The van der Waals surface area contributed by atoms with Crippen LogP contribution in [0, 0.1) is 5.92 Å². The van der Waals surface area contributed by atoms with Gasteiger partial charge in [-0.3, -0.25) is 4.98 Å². The predicted octanol–water partition coefficient (Wildman–Crippen LogP) is 4.86. The molecule has 2 aromatic heterocycles. The number of aromatic nitrogens is 3. The van der Waals surface area contributed by atoms with E-state index in [1.165, 1.54) is 0 Å². The first-order valence-electron chi connectivity index (χ1n) is 8.71. The molecule has 1 fully saturated rings. The van der Waals surface area contributed by atoms with Crippen molar-refractivity contribution in [1.29, 1.82) is 0 Å². The normalized spacial score (nSPS) is 20.4. The quantitative estimate of drug-likeness (QED) is 0.665. The van der Waals surface area contributed by atoms with Crippen molar-refractivity contribution in [3.05, 3.63) is 40.6 Å². The maximum Gasteiger partial charge on any atom is 0.167 e. The minimum absolute atomic E-state index is 0.240. The Morgan fingerprint density at radius 3 is 2.81 bits per heavy atom. The van der Waals surface area contributed by atoms with Crippen LogP contribution < -0.4 is 4.74 Å². The monoisotopic (exact) mass is 391 g/mol. The number of nitrogens with one attached hydrogen (secondary N) is 1. The van der Waals surface area contributed by atoms with Gasteiger partial charge in [0.1, 0.15) is 16.4 Å². The van der Waals surface area contributed by atoms with Gasteiger partial charge < -0.3 is 14.8 Å². The summed E-state index contributed by atoms with van der Waals surface area (Å²) in [6.45, 7) is 0.490. The minimum atomic E-state index is -0.240. The Hall–Kier alpha value is -1.82. The fraction of sp³-hybridized carbons (Fsp3) is 0.368. The zero-order chi connectivity index (χ0) is 18.1. The Bertz CT molecular complexity index is 914. The molecule has 0 bridgehead atoms. The lowest BCUT2D eigenvalue weighted by Crippen LogP contribution is -2.24. The van der Waals surface area contributed by atoms with Gasteiger partial charge in [-0.25, -0.2) is 4.98 Å². The van der Waals surface area contributed by atoms with Crippen molar-refractivity contribution in [2.75, 3.05) is 6.61 Å². The van der Waals surface area contributed by atoms with E-state index in [1.54, 1.807) is 18.5 Å². The Kier molecular flexibility index (Phi) is 5.02.